The fourth-order valence-electron chi connectivity index (χ4n) is 4.63. The molecule has 0 amide bonds. The summed E-state index contributed by atoms with van der Waals surface area (Å²) in [6, 6.07) is 0. The first-order valence-electron chi connectivity index (χ1n) is 17.2. The molecule has 0 aromatic carbocycles. The minimum atomic E-state index is -0.986. The van der Waals surface area contributed by atoms with E-state index in [2.05, 4.69) is 26.8 Å². The number of aliphatic hydroxyl groups excluding tert-OH is 1. The van der Waals surface area contributed by atoms with Crippen LogP contribution in [0.4, 0.5) is 0 Å². The maximum absolute atomic E-state index is 11.9. The fraction of sp³-hybridized carbons (Fsp3) is 0.806. The number of allylic oxidation sites excluding steroid dienone is 4. The maximum Gasteiger partial charge on any atom is 0.305 e. The molecule has 0 spiro atoms. The van der Waals surface area contributed by atoms with Crippen molar-refractivity contribution in [2.24, 2.45) is 5.92 Å². The molecule has 1 unspecified atom stereocenters. The van der Waals surface area contributed by atoms with E-state index in [0.717, 1.165) is 83.0 Å². The fourth-order valence-corrected chi connectivity index (χ4v) is 4.63. The van der Waals surface area contributed by atoms with Gasteiger partial charge in [0.05, 0.1) is 0 Å². The lowest BCUT2D eigenvalue weighted by Crippen LogP contribution is -2.25. The summed E-state index contributed by atoms with van der Waals surface area (Å²) in [5, 5.41) is 9.96. The van der Waals surface area contributed by atoms with Crippen LogP contribution < -0.4 is 0 Å². The van der Waals surface area contributed by atoms with Crippen LogP contribution in [-0.4, -0.2) is 42.1 Å². The Labute approximate surface area is 258 Å². The summed E-state index contributed by atoms with van der Waals surface area (Å²) in [5.74, 6) is 0.426. The summed E-state index contributed by atoms with van der Waals surface area (Å²) in [6.45, 7) is 6.44. The molecule has 0 aromatic rings. The van der Waals surface area contributed by atoms with E-state index >= 15 is 0 Å². The summed E-state index contributed by atoms with van der Waals surface area (Å²) in [5.41, 5.74) is 0. The Morgan fingerprint density at radius 2 is 1.14 bits per heavy atom. The predicted molar refractivity (Wildman–Crippen MR) is 173 cm³/mol. The van der Waals surface area contributed by atoms with Crippen molar-refractivity contribution in [2.75, 3.05) is 13.2 Å². The Morgan fingerprint density at radius 1 is 0.643 bits per heavy atom. The molecule has 0 saturated carbocycles. The van der Waals surface area contributed by atoms with Crippen LogP contribution in [0.15, 0.2) is 24.3 Å². The molecule has 6 nitrogen and oxygen atoms in total. The molecule has 0 rings (SSSR count). The van der Waals surface area contributed by atoms with Crippen LogP contribution in [-0.2, 0) is 23.9 Å². The van der Waals surface area contributed by atoms with Gasteiger partial charge in [-0.25, -0.2) is 0 Å². The van der Waals surface area contributed by atoms with Crippen molar-refractivity contribution in [2.45, 2.75) is 168 Å². The van der Waals surface area contributed by atoms with Gasteiger partial charge in [-0.1, -0.05) is 129 Å². The highest BCUT2D eigenvalue weighted by atomic mass is 16.6. The van der Waals surface area contributed by atoms with Gasteiger partial charge in [0.25, 0.3) is 0 Å². The van der Waals surface area contributed by atoms with Gasteiger partial charge in [0.1, 0.15) is 19.3 Å². The van der Waals surface area contributed by atoms with Gasteiger partial charge < -0.3 is 14.6 Å². The van der Waals surface area contributed by atoms with Crippen molar-refractivity contribution in [1.29, 1.82) is 0 Å². The zero-order valence-electron chi connectivity index (χ0n) is 27.4. The first-order chi connectivity index (χ1) is 20.4. The van der Waals surface area contributed by atoms with Gasteiger partial charge in [-0.3, -0.25) is 14.4 Å². The minimum Gasteiger partial charge on any atom is -0.463 e. The van der Waals surface area contributed by atoms with Crippen LogP contribution in [0, 0.1) is 5.92 Å². The van der Waals surface area contributed by atoms with Crippen molar-refractivity contribution in [3.8, 4) is 0 Å². The number of hydrogen-bond donors (Lipinski definition) is 1. The monoisotopic (exact) mass is 592 g/mol. The normalized spacial score (nSPS) is 13.0. The molecule has 244 valence electrons. The molecule has 0 heterocycles. The Hall–Kier alpha value is -1.95. The molecule has 0 aromatic heterocycles. The third kappa shape index (κ3) is 29.5. The van der Waals surface area contributed by atoms with Gasteiger partial charge in [0.15, 0.2) is 5.78 Å². The van der Waals surface area contributed by atoms with Crippen molar-refractivity contribution in [1.82, 2.24) is 0 Å². The second-order valence-corrected chi connectivity index (χ2v) is 11.9. The second-order valence-electron chi connectivity index (χ2n) is 11.9. The molecule has 6 heteroatoms. The number of hydrogen-bond acceptors (Lipinski definition) is 6. The zero-order valence-corrected chi connectivity index (χ0v) is 27.4. The summed E-state index contributed by atoms with van der Waals surface area (Å²) < 4.78 is 10.2. The number of carbonyl (C=O) groups is 3. The number of rotatable bonds is 30. The highest BCUT2D eigenvalue weighted by Crippen LogP contribution is 2.15. The van der Waals surface area contributed by atoms with E-state index in [1.54, 1.807) is 6.08 Å². The maximum atomic E-state index is 11.9. The lowest BCUT2D eigenvalue weighted by atomic mass is 9.99. The van der Waals surface area contributed by atoms with Gasteiger partial charge in [0.2, 0.25) is 0 Å². The topological polar surface area (TPSA) is 89.9 Å². The average molecular weight is 593 g/mol. The summed E-state index contributed by atoms with van der Waals surface area (Å²) >= 11 is 0. The van der Waals surface area contributed by atoms with Crippen LogP contribution in [0.5, 0.6) is 0 Å². The van der Waals surface area contributed by atoms with Crippen LogP contribution >= 0.6 is 0 Å². The van der Waals surface area contributed by atoms with Crippen LogP contribution in [0.25, 0.3) is 0 Å². The Kier molecular flexibility index (Phi) is 29.1. The summed E-state index contributed by atoms with van der Waals surface area (Å²) in [6.07, 6.45) is 29.2. The molecule has 0 saturated heterocycles. The second kappa shape index (κ2) is 30.5. The lowest BCUT2D eigenvalue weighted by molar-refractivity contribution is -0.152. The zero-order chi connectivity index (χ0) is 31.1. The number of esters is 2. The van der Waals surface area contributed by atoms with Gasteiger partial charge in [0, 0.05) is 19.3 Å². The van der Waals surface area contributed by atoms with Crippen LogP contribution in [0.2, 0.25) is 0 Å². The number of aliphatic hydroxyl groups is 1. The molecule has 2 atom stereocenters. The molecule has 1 N–H and O–H groups in total. The Morgan fingerprint density at radius 3 is 1.69 bits per heavy atom. The quantitative estimate of drug-likeness (QED) is 0.0387. The van der Waals surface area contributed by atoms with Crippen LogP contribution in [0.3, 0.4) is 0 Å². The summed E-state index contributed by atoms with van der Waals surface area (Å²) in [4.78, 5) is 35.4. The van der Waals surface area contributed by atoms with Gasteiger partial charge in [-0.05, 0) is 44.1 Å². The molecule has 0 fully saturated rings. The van der Waals surface area contributed by atoms with Crippen molar-refractivity contribution < 1.29 is 29.0 Å². The standard InChI is InChI=1S/C36H64O6/c1-4-6-20-26-33(37)27-22-17-13-8-7-9-14-18-23-28-35(39)41-30-34(38)31-42-36(40)29-24-19-15-11-10-12-16-21-25-32(3)5-2/h13,17,22,27,32,34,38H,4-12,14-16,18-21,23-26,28-31H2,1-3H3/b17-13-,27-22+/t32?,34-/m1/s1. The van der Waals surface area contributed by atoms with Gasteiger partial charge in [-0.2, -0.15) is 0 Å². The van der Waals surface area contributed by atoms with E-state index < -0.39 is 6.10 Å². The number of carbonyl (C=O) groups excluding carboxylic acids is 3. The number of unbranched alkanes of at least 4 members (excludes halogenated alkanes) is 14. The summed E-state index contributed by atoms with van der Waals surface area (Å²) in [7, 11) is 0. The average Bonchev–Trinajstić information content (AvgIpc) is 2.98. The molecule has 0 aliphatic rings. The van der Waals surface area contributed by atoms with Crippen LogP contribution in [0.1, 0.15) is 162 Å². The minimum absolute atomic E-state index is 0.137. The van der Waals surface area contributed by atoms with E-state index in [-0.39, 0.29) is 30.9 Å². The molecule has 0 bridgehead atoms. The van der Waals surface area contributed by atoms with Crippen molar-refractivity contribution in [3.05, 3.63) is 24.3 Å². The van der Waals surface area contributed by atoms with E-state index in [4.69, 9.17) is 9.47 Å². The van der Waals surface area contributed by atoms with E-state index in [1.165, 1.54) is 44.9 Å². The van der Waals surface area contributed by atoms with Crippen molar-refractivity contribution in [3.63, 3.8) is 0 Å². The molecular formula is C36H64O6. The molecule has 0 radical (unpaired) electrons. The van der Waals surface area contributed by atoms with E-state index in [9.17, 15) is 19.5 Å². The van der Waals surface area contributed by atoms with Gasteiger partial charge in [-0.15, -0.1) is 0 Å². The van der Waals surface area contributed by atoms with E-state index in [1.807, 2.05) is 12.2 Å². The third-order valence-electron chi connectivity index (χ3n) is 7.71. The first-order valence-corrected chi connectivity index (χ1v) is 17.2. The molecule has 42 heavy (non-hydrogen) atoms. The Balaban J connectivity index is 3.54. The van der Waals surface area contributed by atoms with Gasteiger partial charge >= 0.3 is 11.9 Å². The molecule has 0 aliphatic heterocycles. The first kappa shape index (κ1) is 40.1. The van der Waals surface area contributed by atoms with Crippen molar-refractivity contribution >= 4 is 17.7 Å². The highest BCUT2D eigenvalue weighted by Gasteiger charge is 2.12. The predicted octanol–water partition coefficient (Wildman–Crippen LogP) is 9.37. The number of ether oxygens (including phenoxy) is 2. The molecular weight excluding hydrogens is 528 g/mol. The smallest absolute Gasteiger partial charge is 0.305 e. The number of ketones is 1. The highest BCUT2D eigenvalue weighted by molar-refractivity contribution is 5.89. The molecule has 0 aliphatic carbocycles. The Bertz CT molecular complexity index is 714. The van der Waals surface area contributed by atoms with E-state index in [0.29, 0.717) is 19.3 Å². The SMILES string of the molecule is CCCCCC(=O)/C=C/C=C\CCCCCCCC(=O)OC[C@@H](O)COC(=O)CCCCCCCCCCC(C)CC. The third-order valence-corrected chi connectivity index (χ3v) is 7.71. The largest absolute Gasteiger partial charge is 0.463 e. The lowest BCUT2D eigenvalue weighted by Gasteiger charge is -2.12.